The van der Waals surface area contributed by atoms with E-state index in [1.54, 1.807) is 0 Å². The lowest BCUT2D eigenvalue weighted by molar-refractivity contribution is 0.0574. The van der Waals surface area contributed by atoms with Gasteiger partial charge in [-0.1, -0.05) is 24.6 Å². The number of rotatable bonds is 3. The number of aromatic nitrogens is 1. The molecule has 4 rings (SSSR count). The first kappa shape index (κ1) is 15.7. The fourth-order valence-electron chi connectivity index (χ4n) is 4.64. The van der Waals surface area contributed by atoms with E-state index < -0.39 is 0 Å². The molecule has 4 heteroatoms. The van der Waals surface area contributed by atoms with Crippen LogP contribution in [0, 0.1) is 5.92 Å². The fourth-order valence-corrected chi connectivity index (χ4v) is 4.64. The Hall–Kier alpha value is -1.81. The van der Waals surface area contributed by atoms with Crippen LogP contribution in [-0.4, -0.2) is 41.1 Å². The summed E-state index contributed by atoms with van der Waals surface area (Å²) in [6.45, 7) is 3.30. The number of para-hydroxylation sites is 1. The van der Waals surface area contributed by atoms with Crippen LogP contribution in [0.15, 0.2) is 30.3 Å². The van der Waals surface area contributed by atoms with Crippen molar-refractivity contribution in [1.82, 2.24) is 14.8 Å². The summed E-state index contributed by atoms with van der Waals surface area (Å²) in [4.78, 5) is 15.3. The minimum atomic E-state index is 0.0571. The molecule has 2 aliphatic heterocycles. The van der Waals surface area contributed by atoms with Crippen molar-refractivity contribution in [2.24, 2.45) is 13.0 Å². The van der Waals surface area contributed by atoms with Crippen LogP contribution in [0.3, 0.4) is 0 Å². The second kappa shape index (κ2) is 6.60. The van der Waals surface area contributed by atoms with E-state index in [2.05, 4.69) is 22.3 Å². The summed E-state index contributed by atoms with van der Waals surface area (Å²) in [5.41, 5.74) is 1.87. The van der Waals surface area contributed by atoms with Crippen molar-refractivity contribution in [3.8, 4) is 0 Å². The third-order valence-electron chi connectivity index (χ3n) is 5.94. The first-order valence-electron chi connectivity index (χ1n) is 9.31. The highest BCUT2D eigenvalue weighted by molar-refractivity contribution is 5.98. The predicted molar refractivity (Wildman–Crippen MR) is 97.2 cm³/mol. The molecule has 24 heavy (non-hydrogen) atoms. The Kier molecular flexibility index (Phi) is 4.31. The molecule has 1 aromatic carbocycles. The number of carbonyl (C=O) groups is 1. The molecule has 1 aromatic heterocycles. The molecule has 0 unspecified atom stereocenters. The molecule has 2 aromatic rings. The van der Waals surface area contributed by atoms with Crippen LogP contribution in [0.1, 0.15) is 42.6 Å². The van der Waals surface area contributed by atoms with Crippen molar-refractivity contribution in [3.05, 3.63) is 36.0 Å². The number of amides is 1. The van der Waals surface area contributed by atoms with Crippen LogP contribution in [0.2, 0.25) is 0 Å². The minimum Gasteiger partial charge on any atom is -0.350 e. The topological polar surface area (TPSA) is 37.3 Å². The monoisotopic (exact) mass is 325 g/mol. The summed E-state index contributed by atoms with van der Waals surface area (Å²) >= 11 is 0. The maximum absolute atomic E-state index is 12.7. The largest absolute Gasteiger partial charge is 0.350 e. The van der Waals surface area contributed by atoms with Gasteiger partial charge in [-0.05, 0) is 56.8 Å². The molecule has 2 fully saturated rings. The molecule has 128 valence electrons. The number of aryl methyl sites for hydroxylation is 1. The van der Waals surface area contributed by atoms with Crippen LogP contribution in [0.4, 0.5) is 0 Å². The normalized spacial score (nSPS) is 24.7. The lowest BCUT2D eigenvalue weighted by Gasteiger charge is -2.44. The zero-order valence-electron chi connectivity index (χ0n) is 14.5. The Morgan fingerprint density at radius 3 is 2.88 bits per heavy atom. The molecular weight excluding hydrogens is 298 g/mol. The number of hydrogen-bond acceptors (Lipinski definition) is 2. The molecule has 2 aliphatic rings. The van der Waals surface area contributed by atoms with E-state index in [1.807, 2.05) is 29.8 Å². The second-order valence-corrected chi connectivity index (χ2v) is 7.36. The SMILES string of the molecule is Cn1c(C(=O)NC[C@@H]2CCCN3CCCC[C@H]23)cc2ccccc21. The molecule has 1 N–H and O–H groups in total. The van der Waals surface area contributed by atoms with Gasteiger partial charge >= 0.3 is 0 Å². The Morgan fingerprint density at radius 2 is 2.00 bits per heavy atom. The van der Waals surface area contributed by atoms with E-state index >= 15 is 0 Å². The van der Waals surface area contributed by atoms with Crippen molar-refractivity contribution in [2.45, 2.75) is 38.1 Å². The number of nitrogens with one attached hydrogen (secondary N) is 1. The van der Waals surface area contributed by atoms with Crippen LogP contribution >= 0.6 is 0 Å². The molecule has 2 atom stereocenters. The van der Waals surface area contributed by atoms with Gasteiger partial charge in [0, 0.05) is 30.5 Å². The molecule has 3 heterocycles. The second-order valence-electron chi connectivity index (χ2n) is 7.36. The number of benzene rings is 1. The Labute approximate surface area is 143 Å². The zero-order valence-corrected chi connectivity index (χ0v) is 14.5. The maximum Gasteiger partial charge on any atom is 0.267 e. The first-order chi connectivity index (χ1) is 11.7. The number of carbonyl (C=O) groups excluding carboxylic acids is 1. The summed E-state index contributed by atoms with van der Waals surface area (Å²) in [5, 5.41) is 4.34. The third kappa shape index (κ3) is 2.84. The van der Waals surface area contributed by atoms with Gasteiger partial charge in [-0.3, -0.25) is 4.79 Å². The predicted octanol–water partition coefficient (Wildman–Crippen LogP) is 3.17. The van der Waals surface area contributed by atoms with Crippen molar-refractivity contribution < 1.29 is 4.79 Å². The molecule has 0 saturated carbocycles. The van der Waals surface area contributed by atoms with Gasteiger partial charge in [0.15, 0.2) is 0 Å². The fraction of sp³-hybridized carbons (Fsp3) is 0.550. The van der Waals surface area contributed by atoms with E-state index in [1.165, 1.54) is 45.2 Å². The summed E-state index contributed by atoms with van der Waals surface area (Å²) in [5.74, 6) is 0.666. The lowest BCUT2D eigenvalue weighted by Crippen LogP contribution is -2.51. The number of hydrogen-bond donors (Lipinski definition) is 1. The van der Waals surface area contributed by atoms with E-state index in [9.17, 15) is 4.79 Å². The van der Waals surface area contributed by atoms with Gasteiger partial charge in [0.2, 0.25) is 0 Å². The average molecular weight is 325 g/mol. The van der Waals surface area contributed by atoms with Crippen LogP contribution < -0.4 is 5.32 Å². The molecule has 2 saturated heterocycles. The highest BCUT2D eigenvalue weighted by Gasteiger charge is 2.33. The standard InChI is InChI=1S/C20H27N3O/c1-22-17-9-3-2-7-15(17)13-19(22)20(24)21-14-16-8-6-12-23-11-5-4-10-18(16)23/h2-3,7,9,13,16,18H,4-6,8,10-12,14H2,1H3,(H,21,24)/t16-,18+/m0/s1. The molecule has 1 amide bonds. The van der Waals surface area contributed by atoms with Gasteiger partial charge in [0.1, 0.15) is 5.69 Å². The number of fused-ring (bicyclic) bond motifs is 2. The quantitative estimate of drug-likeness (QED) is 0.941. The van der Waals surface area contributed by atoms with Crippen molar-refractivity contribution >= 4 is 16.8 Å². The molecule has 0 aliphatic carbocycles. The minimum absolute atomic E-state index is 0.0571. The van der Waals surface area contributed by atoms with E-state index in [-0.39, 0.29) is 5.91 Å². The third-order valence-corrected chi connectivity index (χ3v) is 5.94. The highest BCUT2D eigenvalue weighted by Crippen LogP contribution is 2.30. The molecule has 4 nitrogen and oxygen atoms in total. The molecular formula is C20H27N3O. The van der Waals surface area contributed by atoms with Gasteiger partial charge in [0.05, 0.1) is 0 Å². The summed E-state index contributed by atoms with van der Waals surface area (Å²) in [6, 6.07) is 10.8. The Bertz CT molecular complexity index is 734. The maximum atomic E-state index is 12.7. The van der Waals surface area contributed by atoms with Crippen LogP contribution in [0.5, 0.6) is 0 Å². The number of nitrogens with zero attached hydrogens (tertiary/aromatic N) is 2. The molecule has 0 radical (unpaired) electrons. The highest BCUT2D eigenvalue weighted by atomic mass is 16.1. The smallest absolute Gasteiger partial charge is 0.267 e. The van der Waals surface area contributed by atoms with Crippen molar-refractivity contribution in [2.75, 3.05) is 19.6 Å². The summed E-state index contributed by atoms with van der Waals surface area (Å²) in [7, 11) is 1.97. The van der Waals surface area contributed by atoms with Crippen molar-refractivity contribution in [1.29, 1.82) is 0 Å². The van der Waals surface area contributed by atoms with Gasteiger partial charge < -0.3 is 14.8 Å². The summed E-state index contributed by atoms with van der Waals surface area (Å²) < 4.78 is 2.00. The average Bonchev–Trinajstić information content (AvgIpc) is 2.97. The lowest BCUT2D eigenvalue weighted by atomic mass is 9.83. The van der Waals surface area contributed by atoms with Gasteiger partial charge in [-0.25, -0.2) is 0 Å². The van der Waals surface area contributed by atoms with Crippen LogP contribution in [0.25, 0.3) is 10.9 Å². The van der Waals surface area contributed by atoms with Gasteiger partial charge in [0.25, 0.3) is 5.91 Å². The summed E-state index contributed by atoms with van der Waals surface area (Å²) in [6.07, 6.45) is 6.50. The zero-order chi connectivity index (χ0) is 16.5. The Morgan fingerprint density at radius 1 is 1.17 bits per heavy atom. The van der Waals surface area contributed by atoms with E-state index in [0.29, 0.717) is 12.0 Å². The van der Waals surface area contributed by atoms with Gasteiger partial charge in [-0.2, -0.15) is 0 Å². The van der Waals surface area contributed by atoms with E-state index in [4.69, 9.17) is 0 Å². The molecule has 0 bridgehead atoms. The van der Waals surface area contributed by atoms with Gasteiger partial charge in [-0.15, -0.1) is 0 Å². The van der Waals surface area contributed by atoms with Crippen LogP contribution in [-0.2, 0) is 7.05 Å². The first-order valence-corrected chi connectivity index (χ1v) is 9.31. The number of piperidine rings is 2. The Balaban J connectivity index is 1.44. The van der Waals surface area contributed by atoms with Crippen molar-refractivity contribution in [3.63, 3.8) is 0 Å². The van der Waals surface area contributed by atoms with E-state index in [0.717, 1.165) is 23.1 Å². The molecule has 0 spiro atoms.